The van der Waals surface area contributed by atoms with Crippen molar-refractivity contribution < 1.29 is 13.9 Å². The van der Waals surface area contributed by atoms with E-state index in [0.717, 1.165) is 18.2 Å². The smallest absolute Gasteiger partial charge is 0.134 e. The average molecular weight is 262 g/mol. The highest BCUT2D eigenvalue weighted by Gasteiger charge is 2.25. The van der Waals surface area contributed by atoms with E-state index in [1.54, 1.807) is 12.1 Å². The van der Waals surface area contributed by atoms with Crippen molar-refractivity contribution in [2.45, 2.75) is 44.6 Å². The molecule has 0 spiro atoms. The SMILES string of the molecule is OC(c1cc2cc(F)ccc2o1)C1CCCCCC1. The molecule has 1 aromatic heterocycles. The maximum Gasteiger partial charge on any atom is 0.134 e. The highest BCUT2D eigenvalue weighted by molar-refractivity contribution is 5.77. The fourth-order valence-corrected chi connectivity index (χ4v) is 3.04. The fraction of sp³-hybridized carbons (Fsp3) is 0.500. The van der Waals surface area contributed by atoms with E-state index in [0.29, 0.717) is 11.3 Å². The fourth-order valence-electron chi connectivity index (χ4n) is 3.04. The van der Waals surface area contributed by atoms with Crippen molar-refractivity contribution in [1.82, 2.24) is 0 Å². The van der Waals surface area contributed by atoms with Crippen LogP contribution in [0, 0.1) is 11.7 Å². The number of halogens is 1. The Kier molecular flexibility index (Phi) is 3.56. The zero-order chi connectivity index (χ0) is 13.2. The van der Waals surface area contributed by atoms with Crippen molar-refractivity contribution in [1.29, 1.82) is 0 Å². The molecule has 102 valence electrons. The van der Waals surface area contributed by atoms with E-state index in [-0.39, 0.29) is 11.7 Å². The Bertz CT molecular complexity index is 553. The zero-order valence-electron chi connectivity index (χ0n) is 10.9. The van der Waals surface area contributed by atoms with Crippen LogP contribution in [0.3, 0.4) is 0 Å². The number of rotatable bonds is 2. The van der Waals surface area contributed by atoms with Gasteiger partial charge in [-0.25, -0.2) is 4.39 Å². The summed E-state index contributed by atoms with van der Waals surface area (Å²) in [5.41, 5.74) is 0.643. The molecule has 0 aliphatic heterocycles. The molecule has 0 bridgehead atoms. The quantitative estimate of drug-likeness (QED) is 0.804. The molecule has 19 heavy (non-hydrogen) atoms. The molecule has 1 heterocycles. The van der Waals surface area contributed by atoms with Gasteiger partial charge in [0.2, 0.25) is 0 Å². The highest BCUT2D eigenvalue weighted by atomic mass is 19.1. The Labute approximate surface area is 112 Å². The Balaban J connectivity index is 1.85. The summed E-state index contributed by atoms with van der Waals surface area (Å²) < 4.78 is 18.8. The first-order valence-corrected chi connectivity index (χ1v) is 7.11. The first kappa shape index (κ1) is 12.7. The van der Waals surface area contributed by atoms with Gasteiger partial charge in [-0.05, 0) is 43.0 Å². The molecule has 1 N–H and O–H groups in total. The topological polar surface area (TPSA) is 33.4 Å². The minimum Gasteiger partial charge on any atom is -0.458 e. The minimum atomic E-state index is -0.562. The Hall–Kier alpha value is -1.35. The normalized spacial score (nSPS) is 19.5. The van der Waals surface area contributed by atoms with Gasteiger partial charge in [-0.2, -0.15) is 0 Å². The molecule has 1 fully saturated rings. The van der Waals surface area contributed by atoms with Crippen LogP contribution < -0.4 is 0 Å². The van der Waals surface area contributed by atoms with E-state index >= 15 is 0 Å². The Morgan fingerprint density at radius 1 is 1.11 bits per heavy atom. The predicted molar refractivity (Wildman–Crippen MR) is 72.3 cm³/mol. The van der Waals surface area contributed by atoms with Crippen LogP contribution in [0.25, 0.3) is 11.0 Å². The van der Waals surface area contributed by atoms with Crippen molar-refractivity contribution in [3.8, 4) is 0 Å². The van der Waals surface area contributed by atoms with Crippen LogP contribution in [0.2, 0.25) is 0 Å². The van der Waals surface area contributed by atoms with E-state index in [2.05, 4.69) is 0 Å². The Morgan fingerprint density at radius 2 is 1.84 bits per heavy atom. The lowest BCUT2D eigenvalue weighted by Crippen LogP contribution is -2.11. The van der Waals surface area contributed by atoms with Crippen LogP contribution in [0.4, 0.5) is 4.39 Å². The summed E-state index contributed by atoms with van der Waals surface area (Å²) in [5, 5.41) is 11.2. The third-order valence-corrected chi connectivity index (χ3v) is 4.14. The van der Waals surface area contributed by atoms with Crippen LogP contribution in [0.15, 0.2) is 28.7 Å². The molecule has 1 saturated carbocycles. The summed E-state index contributed by atoms with van der Waals surface area (Å²) in [6.07, 6.45) is 6.41. The summed E-state index contributed by atoms with van der Waals surface area (Å²) in [5.74, 6) is 0.573. The van der Waals surface area contributed by atoms with E-state index in [4.69, 9.17) is 4.42 Å². The van der Waals surface area contributed by atoms with Gasteiger partial charge in [0.1, 0.15) is 23.3 Å². The van der Waals surface area contributed by atoms with E-state index in [9.17, 15) is 9.50 Å². The number of fused-ring (bicyclic) bond motifs is 1. The van der Waals surface area contributed by atoms with Crippen LogP contribution in [-0.4, -0.2) is 5.11 Å². The van der Waals surface area contributed by atoms with Gasteiger partial charge in [0.15, 0.2) is 0 Å². The van der Waals surface area contributed by atoms with Gasteiger partial charge in [0.05, 0.1) is 0 Å². The lowest BCUT2D eigenvalue weighted by Gasteiger charge is -2.18. The molecule has 0 saturated heterocycles. The second-order valence-electron chi connectivity index (χ2n) is 5.53. The van der Waals surface area contributed by atoms with Gasteiger partial charge < -0.3 is 9.52 Å². The molecule has 0 amide bonds. The first-order valence-electron chi connectivity index (χ1n) is 7.11. The molecule has 1 aliphatic rings. The van der Waals surface area contributed by atoms with Gasteiger partial charge in [-0.1, -0.05) is 25.7 Å². The average Bonchev–Trinajstić information content (AvgIpc) is 2.64. The molecule has 0 radical (unpaired) electrons. The lowest BCUT2D eigenvalue weighted by atomic mass is 9.92. The van der Waals surface area contributed by atoms with Crippen molar-refractivity contribution in [2.24, 2.45) is 5.92 Å². The second-order valence-corrected chi connectivity index (χ2v) is 5.53. The van der Waals surface area contributed by atoms with Gasteiger partial charge in [0.25, 0.3) is 0 Å². The number of aliphatic hydroxyl groups excluding tert-OH is 1. The molecular weight excluding hydrogens is 243 g/mol. The number of benzene rings is 1. The van der Waals surface area contributed by atoms with Crippen LogP contribution in [0.1, 0.15) is 50.4 Å². The summed E-state index contributed by atoms with van der Waals surface area (Å²) in [6.45, 7) is 0. The monoisotopic (exact) mass is 262 g/mol. The second kappa shape index (κ2) is 5.33. The molecule has 3 rings (SSSR count). The number of hydrogen-bond acceptors (Lipinski definition) is 2. The number of aliphatic hydroxyl groups is 1. The maximum atomic E-state index is 13.2. The van der Waals surface area contributed by atoms with Gasteiger partial charge in [-0.3, -0.25) is 0 Å². The van der Waals surface area contributed by atoms with E-state index in [1.807, 2.05) is 0 Å². The maximum absolute atomic E-state index is 13.2. The van der Waals surface area contributed by atoms with Crippen LogP contribution >= 0.6 is 0 Å². The summed E-state index contributed by atoms with van der Waals surface area (Å²) in [7, 11) is 0. The molecule has 3 heteroatoms. The van der Waals surface area contributed by atoms with Crippen molar-refractivity contribution in [3.05, 3.63) is 35.8 Å². The number of hydrogen-bond donors (Lipinski definition) is 1. The van der Waals surface area contributed by atoms with Crippen molar-refractivity contribution in [2.75, 3.05) is 0 Å². The van der Waals surface area contributed by atoms with E-state index < -0.39 is 6.10 Å². The molecular formula is C16H19FO2. The third kappa shape index (κ3) is 2.66. The summed E-state index contributed by atoms with van der Waals surface area (Å²) in [6, 6.07) is 6.22. The minimum absolute atomic E-state index is 0.271. The molecule has 2 aromatic rings. The molecule has 1 aromatic carbocycles. The third-order valence-electron chi connectivity index (χ3n) is 4.14. The largest absolute Gasteiger partial charge is 0.458 e. The van der Waals surface area contributed by atoms with Gasteiger partial charge in [0, 0.05) is 5.39 Å². The number of furan rings is 1. The van der Waals surface area contributed by atoms with Crippen molar-refractivity contribution in [3.63, 3.8) is 0 Å². The first-order chi connectivity index (χ1) is 9.24. The summed E-state index contributed by atoms with van der Waals surface area (Å²) >= 11 is 0. The van der Waals surface area contributed by atoms with Crippen LogP contribution in [-0.2, 0) is 0 Å². The highest BCUT2D eigenvalue weighted by Crippen LogP contribution is 2.35. The molecule has 2 nitrogen and oxygen atoms in total. The van der Waals surface area contributed by atoms with Crippen molar-refractivity contribution >= 4 is 11.0 Å². The summed E-state index contributed by atoms with van der Waals surface area (Å²) in [4.78, 5) is 0. The molecule has 1 atom stereocenters. The van der Waals surface area contributed by atoms with Gasteiger partial charge >= 0.3 is 0 Å². The van der Waals surface area contributed by atoms with Gasteiger partial charge in [-0.15, -0.1) is 0 Å². The zero-order valence-corrected chi connectivity index (χ0v) is 10.9. The predicted octanol–water partition coefficient (Wildman–Crippen LogP) is 4.58. The van der Waals surface area contributed by atoms with E-state index in [1.165, 1.54) is 37.8 Å². The molecule has 1 unspecified atom stereocenters. The standard InChI is InChI=1S/C16H19FO2/c17-13-7-8-14-12(9-13)10-15(19-14)16(18)11-5-3-1-2-4-6-11/h7-11,16,18H,1-6H2. The lowest BCUT2D eigenvalue weighted by molar-refractivity contribution is 0.0791. The van der Waals surface area contributed by atoms with Crippen LogP contribution in [0.5, 0.6) is 0 Å². The Morgan fingerprint density at radius 3 is 2.58 bits per heavy atom. The molecule has 1 aliphatic carbocycles.